The van der Waals surface area contributed by atoms with Crippen molar-refractivity contribution in [2.24, 2.45) is 0 Å². The van der Waals surface area contributed by atoms with Crippen molar-refractivity contribution >= 4 is 61.7 Å². The SMILES string of the molecule is [2H]c1c([2H])c([2H])c([Si](c2c([2H])c([2H])c([2H])c([2H])c2[2H])(c2c([2H])c([2H])c([2H])c([2H])c2[2H])c2c([2H])c([2H])c([2H])c(-c3cc(C(C)(C)C)cc(-c4cc(C(C)(C)C)cc(C(C)(C)C)c4)c3-[n+]3[c-]n(-c4cccc(Oc5ccc6c7ccccc7n(-c7cc(C(C)(C)C)ccn7)c6c5)c4)c4cc(-c5c(C([2H])([2H])[2H])cccc5C([2H])([2H])[2H])ccc43)c2[2H])c([2H])c1[2H]. The molecule has 0 spiro atoms. The van der Waals surface area contributed by atoms with Gasteiger partial charge in [-0.05, 0) is 177 Å². The van der Waals surface area contributed by atoms with Crippen molar-refractivity contribution in [3.05, 3.63) is 306 Å². The average molecular weight is 1290 g/mol. The number of imidazole rings is 1. The van der Waals surface area contributed by atoms with Gasteiger partial charge in [0.2, 0.25) is 0 Å². The number of rotatable bonds is 12. The van der Waals surface area contributed by atoms with Crippen molar-refractivity contribution in [3.8, 4) is 62.1 Å². The molecule has 96 heavy (non-hydrogen) atoms. The fourth-order valence-electron chi connectivity index (χ4n) is 12.7. The van der Waals surface area contributed by atoms with Crippen LogP contribution in [0.3, 0.4) is 0 Å². The van der Waals surface area contributed by atoms with E-state index < -0.39 is 179 Å². The molecule has 3 heterocycles. The number of para-hydroxylation sites is 1. The molecule has 14 rings (SSSR count). The van der Waals surface area contributed by atoms with Gasteiger partial charge in [0, 0.05) is 31.3 Å². The molecule has 0 bridgehead atoms. The highest BCUT2D eigenvalue weighted by atomic mass is 28.3. The summed E-state index contributed by atoms with van der Waals surface area (Å²) in [7, 11) is -6.44. The standard InChI is InChI=1S/C90H86N4OSi/c1-60-29-26-30-61(2)85(60)63-43-46-81-83(52-63)92(69-32-28-33-70(57-69)95-71-44-45-77-76-41-24-25-42-80(76)94(82(77)58-71)84-56-65(47-48-91-84)87(3,4)5)59-93(81)86-78(54-68(90(12,13)14)55-79(86)64-49-66(88(6,7)8)53-67(50-64)89(9,10)11)62-31-27-40-75(51-62)96(72-34-18-15-19-35-72,73-36-20-16-21-37-73)74-38-22-17-23-39-74/h15-58H,1-14H3/i1D3,2D3,15D,16D,17D,18D,19D,20D,21D,22D,23D,27D,31D,34D,35D,36D,37D,38D,39D,40D,51D. The number of hydrogen-bond donors (Lipinski definition) is 0. The van der Waals surface area contributed by atoms with Gasteiger partial charge in [-0.25, -0.2) is 4.98 Å². The lowest BCUT2D eigenvalue weighted by Gasteiger charge is -2.35. The lowest BCUT2D eigenvalue weighted by Crippen LogP contribution is -2.74. The summed E-state index contributed by atoms with van der Waals surface area (Å²) in [6.45, 7) is 18.6. The summed E-state index contributed by atoms with van der Waals surface area (Å²) in [5.74, 6) is 1.39. The molecular weight excluding hydrogens is 1180 g/mol. The maximum atomic E-state index is 11.4. The van der Waals surface area contributed by atoms with E-state index in [1.807, 2.05) is 129 Å². The minimum atomic E-state index is -6.44. The number of aryl methyl sites for hydroxylation is 2. The third-order valence-electron chi connectivity index (χ3n) is 17.9. The quantitative estimate of drug-likeness (QED) is 0.0529. The first kappa shape index (κ1) is 40.3. The molecular formula is C90H86N4OSi. The van der Waals surface area contributed by atoms with Gasteiger partial charge in [0.15, 0.2) is 8.07 Å². The maximum absolute atomic E-state index is 11.4. The molecule has 0 amide bonds. The Labute approximate surface area is 604 Å². The van der Waals surface area contributed by atoms with Crippen LogP contribution in [0.1, 0.15) is 151 Å². The van der Waals surface area contributed by atoms with Crippen molar-refractivity contribution in [1.29, 1.82) is 0 Å². The van der Waals surface area contributed by atoms with E-state index >= 15 is 0 Å². The van der Waals surface area contributed by atoms with Crippen LogP contribution in [0.5, 0.6) is 11.5 Å². The molecule has 476 valence electrons. The van der Waals surface area contributed by atoms with Gasteiger partial charge in [-0.2, -0.15) is 0 Å². The van der Waals surface area contributed by atoms with E-state index in [1.165, 1.54) is 18.2 Å². The molecule has 0 unspecified atom stereocenters. The maximum Gasteiger partial charge on any atom is 0.269 e. The van der Waals surface area contributed by atoms with Gasteiger partial charge >= 0.3 is 0 Å². The molecule has 3 aromatic heterocycles. The van der Waals surface area contributed by atoms with Crippen molar-refractivity contribution in [2.75, 3.05) is 0 Å². The molecule has 0 saturated heterocycles. The largest absolute Gasteiger partial charge is 0.458 e. The summed E-state index contributed by atoms with van der Waals surface area (Å²) in [6.07, 6.45) is 5.43. The predicted molar refractivity (Wildman–Crippen MR) is 406 cm³/mol. The van der Waals surface area contributed by atoms with E-state index in [1.54, 1.807) is 63.9 Å². The fraction of sp³-hybridized carbons (Fsp3) is 0.200. The molecule has 0 N–H and O–H groups in total. The smallest absolute Gasteiger partial charge is 0.269 e. The lowest BCUT2D eigenvalue weighted by atomic mass is 9.77. The van der Waals surface area contributed by atoms with Gasteiger partial charge in [0.1, 0.15) is 17.3 Å². The Bertz CT molecular complexity index is 6390. The summed E-state index contributed by atoms with van der Waals surface area (Å²) in [4.78, 5) is 4.89. The minimum absolute atomic E-state index is 0.0471. The van der Waals surface area contributed by atoms with E-state index in [0.29, 0.717) is 39.7 Å². The number of benzene rings is 11. The molecule has 0 radical (unpaired) electrons. The number of aromatic nitrogens is 4. The van der Waals surface area contributed by atoms with Crippen LogP contribution >= 0.6 is 0 Å². The molecule has 0 fully saturated rings. The Morgan fingerprint density at radius 3 is 1.62 bits per heavy atom. The van der Waals surface area contributed by atoms with Crippen molar-refractivity contribution in [2.45, 2.75) is 118 Å². The summed E-state index contributed by atoms with van der Waals surface area (Å²) >= 11 is 0. The first-order valence-corrected chi connectivity index (χ1v) is 33.9. The predicted octanol–water partition coefficient (Wildman–Crippen LogP) is 20.2. The Hall–Kier alpha value is -10.1. The van der Waals surface area contributed by atoms with Crippen LogP contribution in [0.25, 0.3) is 83.4 Å². The zero-order chi connectivity index (χ0) is 88.6. The summed E-state index contributed by atoms with van der Waals surface area (Å²) < 4.78 is 252. The van der Waals surface area contributed by atoms with Crippen LogP contribution in [-0.4, -0.2) is 22.2 Å². The van der Waals surface area contributed by atoms with Crippen LogP contribution in [0.4, 0.5) is 0 Å². The average Bonchev–Trinajstić information content (AvgIpc) is 1.30. The zero-order valence-corrected chi connectivity index (χ0v) is 56.6. The Morgan fingerprint density at radius 1 is 0.448 bits per heavy atom. The first-order valence-electron chi connectivity index (χ1n) is 44.4. The molecule has 14 aromatic rings. The molecule has 5 nitrogen and oxygen atoms in total. The molecule has 6 heteroatoms. The third kappa shape index (κ3) is 11.6. The summed E-state index contributed by atoms with van der Waals surface area (Å²) in [5, 5.41) is -2.13. The second-order valence-corrected chi connectivity index (χ2v) is 32.0. The van der Waals surface area contributed by atoms with E-state index in [4.69, 9.17) is 22.1 Å². The van der Waals surface area contributed by atoms with Crippen LogP contribution in [-0.2, 0) is 21.7 Å². The first-order chi connectivity index (χ1) is 56.2. The third-order valence-corrected chi connectivity index (χ3v) is 21.9. The van der Waals surface area contributed by atoms with E-state index in [2.05, 4.69) is 43.8 Å². The number of pyridine rings is 1. The number of nitrogens with zero attached hydrogens (tertiary/aromatic N) is 4. The Morgan fingerprint density at radius 2 is 1.01 bits per heavy atom. The summed E-state index contributed by atoms with van der Waals surface area (Å²) in [5.41, 5.74) is 3.04. The molecule has 0 saturated carbocycles. The molecule has 11 aromatic carbocycles. The molecule has 0 atom stereocenters. The van der Waals surface area contributed by atoms with Crippen LogP contribution in [0.15, 0.2) is 267 Å². The number of hydrogen-bond acceptors (Lipinski definition) is 2. The van der Waals surface area contributed by atoms with Gasteiger partial charge in [0.25, 0.3) is 6.33 Å². The fourth-order valence-corrected chi connectivity index (χ4v) is 16.2. The molecule has 0 aliphatic heterocycles. The second kappa shape index (κ2) is 24.3. The van der Waals surface area contributed by atoms with Crippen molar-refractivity contribution in [3.63, 3.8) is 0 Å². The van der Waals surface area contributed by atoms with Crippen molar-refractivity contribution < 1.29 is 43.6 Å². The van der Waals surface area contributed by atoms with Crippen LogP contribution in [0, 0.1) is 20.0 Å². The zero-order valence-electron chi connectivity index (χ0n) is 80.6. The van der Waals surface area contributed by atoms with Gasteiger partial charge in [0.05, 0.1) is 59.5 Å². The Kier molecular flexibility index (Phi) is 10.2. The molecule has 0 aliphatic carbocycles. The topological polar surface area (TPSA) is 35.9 Å². The van der Waals surface area contributed by atoms with E-state index in [0.717, 1.165) is 38.5 Å². The normalized spacial score (nSPS) is 16.4. The van der Waals surface area contributed by atoms with Gasteiger partial charge in [-0.15, -0.1) is 0 Å². The summed E-state index contributed by atoms with van der Waals surface area (Å²) in [6, 6.07) is 22.4. The highest BCUT2D eigenvalue weighted by Gasteiger charge is 2.42. The van der Waals surface area contributed by atoms with Crippen LogP contribution < -0.4 is 30.1 Å². The number of fused-ring (bicyclic) bond motifs is 4. The highest BCUT2D eigenvalue weighted by Crippen LogP contribution is 2.44. The molecule has 0 aliphatic rings. The monoisotopic (exact) mass is 1290 g/mol. The highest BCUT2D eigenvalue weighted by molar-refractivity contribution is 7.19. The second-order valence-electron chi connectivity index (χ2n) is 28.5. The van der Waals surface area contributed by atoms with Crippen molar-refractivity contribution in [1.82, 2.24) is 14.1 Å². The van der Waals surface area contributed by atoms with E-state index in [9.17, 15) is 21.9 Å². The lowest BCUT2D eigenvalue weighted by molar-refractivity contribution is -0.571. The van der Waals surface area contributed by atoms with Gasteiger partial charge < -0.3 is 4.74 Å². The number of ether oxygens (including phenoxy) is 1. The van der Waals surface area contributed by atoms with Gasteiger partial charge in [-0.3, -0.25) is 13.7 Å². The van der Waals surface area contributed by atoms with E-state index in [-0.39, 0.29) is 50.0 Å². The minimum Gasteiger partial charge on any atom is -0.458 e. The van der Waals surface area contributed by atoms with Gasteiger partial charge in [-0.1, -0.05) is 283 Å². The Balaban J connectivity index is 1.18. The van der Waals surface area contributed by atoms with Crippen LogP contribution in [0.2, 0.25) is 0 Å².